The van der Waals surface area contributed by atoms with E-state index in [1.54, 1.807) is 7.11 Å². The maximum absolute atomic E-state index is 10.7. The Morgan fingerprint density at radius 3 is 2.00 bits per heavy atom. The molecule has 2 aliphatic rings. The predicted octanol–water partition coefficient (Wildman–Crippen LogP) is 1.15. The Balaban J connectivity index is 0.00000225. The normalized spacial score (nSPS) is 25.9. The van der Waals surface area contributed by atoms with Gasteiger partial charge in [-0.3, -0.25) is 0 Å². The highest BCUT2D eigenvalue weighted by atomic mass is 79.9. The van der Waals surface area contributed by atoms with Gasteiger partial charge in [-0.15, -0.1) is 0 Å². The molecule has 0 unspecified atom stereocenters. The summed E-state index contributed by atoms with van der Waals surface area (Å²) in [4.78, 5) is 0. The molecule has 0 spiro atoms. The van der Waals surface area contributed by atoms with E-state index in [-0.39, 0.29) is 22.4 Å². The molecule has 0 aromatic heterocycles. The van der Waals surface area contributed by atoms with E-state index in [1.165, 1.54) is 19.6 Å². The first-order valence-electron chi connectivity index (χ1n) is 10.1. The summed E-state index contributed by atoms with van der Waals surface area (Å²) in [5.74, 6) is 0. The summed E-state index contributed by atoms with van der Waals surface area (Å²) in [6.45, 7) is 5.47. The molecule has 148 valence electrons. The number of nitriles is 1. The van der Waals surface area contributed by atoms with Crippen molar-refractivity contribution in [1.82, 2.24) is 0 Å². The van der Waals surface area contributed by atoms with Crippen LogP contribution in [0, 0.1) is 16.7 Å². The van der Waals surface area contributed by atoms with Gasteiger partial charge < -0.3 is 26.2 Å². The van der Waals surface area contributed by atoms with Gasteiger partial charge in [-0.05, 0) is 11.1 Å². The van der Waals surface area contributed by atoms with E-state index in [2.05, 4.69) is 54.6 Å². The highest BCUT2D eigenvalue weighted by Crippen LogP contribution is 2.59. The number of fused-ring (bicyclic) bond motifs is 2. The number of quaternary nitrogens is 1. The van der Waals surface area contributed by atoms with E-state index < -0.39 is 5.41 Å². The molecule has 2 aliphatic heterocycles. The Kier molecular flexibility index (Phi) is 6.29. The molecule has 2 bridgehead atoms. The first kappa shape index (κ1) is 21.0. The first-order valence-corrected chi connectivity index (χ1v) is 10.1. The van der Waals surface area contributed by atoms with Gasteiger partial charge in [0.05, 0.1) is 44.3 Å². The minimum absolute atomic E-state index is 0. The number of piperidine rings is 1. The lowest BCUT2D eigenvalue weighted by Crippen LogP contribution is -3.00. The molecule has 0 N–H and O–H groups in total. The van der Waals surface area contributed by atoms with Gasteiger partial charge in [0.25, 0.3) is 0 Å². The van der Waals surface area contributed by atoms with E-state index in [4.69, 9.17) is 4.74 Å². The van der Waals surface area contributed by atoms with Crippen LogP contribution in [0.5, 0.6) is 0 Å². The van der Waals surface area contributed by atoms with E-state index in [1.807, 2.05) is 12.1 Å². The zero-order valence-electron chi connectivity index (χ0n) is 16.6. The van der Waals surface area contributed by atoms with Crippen LogP contribution in [0.2, 0.25) is 0 Å². The molecule has 0 radical (unpaired) electrons. The number of methoxy groups -OCH3 is 1. The fourth-order valence-corrected chi connectivity index (χ4v) is 5.84. The lowest BCUT2D eigenvalue weighted by Gasteiger charge is -2.41. The smallest absolute Gasteiger partial charge is 0.118 e. The Morgan fingerprint density at radius 1 is 1.00 bits per heavy atom. The monoisotopic (exact) mass is 440 g/mol. The van der Waals surface area contributed by atoms with Crippen LogP contribution in [0.3, 0.4) is 0 Å². The first-order chi connectivity index (χ1) is 13.2. The SMILES string of the molecule is COCCC[N+]12CCC(C(C#N)(c3ccccc3)c3ccccc3)(CC1)C2.[Br-]. The standard InChI is InChI=1S/C24H29N2O.BrH/c1-27-18-8-15-26-16-13-23(20-26,14-17-26)24(19-25,21-9-4-2-5-10-21)22-11-6-3-7-12-22;/h2-7,9-12H,8,13-18,20H2,1H3;1H/q+1;/p-1. The van der Waals surface area contributed by atoms with Crippen molar-refractivity contribution < 1.29 is 26.2 Å². The summed E-state index contributed by atoms with van der Waals surface area (Å²) in [7, 11) is 1.78. The third-order valence-corrected chi connectivity index (χ3v) is 7.13. The van der Waals surface area contributed by atoms with Gasteiger partial charge in [-0.2, -0.15) is 5.26 Å². The number of benzene rings is 2. The van der Waals surface area contributed by atoms with Crippen molar-refractivity contribution >= 4 is 0 Å². The van der Waals surface area contributed by atoms with Crippen molar-refractivity contribution in [2.75, 3.05) is 39.9 Å². The number of ether oxygens (including phenoxy) is 1. The molecule has 0 amide bonds. The zero-order chi connectivity index (χ0) is 18.8. The van der Waals surface area contributed by atoms with Gasteiger partial charge in [-0.1, -0.05) is 60.7 Å². The average Bonchev–Trinajstić information content (AvgIpc) is 3.28. The van der Waals surface area contributed by atoms with Crippen LogP contribution in [0.25, 0.3) is 0 Å². The molecule has 4 heteroatoms. The summed E-state index contributed by atoms with van der Waals surface area (Å²) in [5, 5.41) is 10.7. The van der Waals surface area contributed by atoms with Crippen molar-refractivity contribution in [3.05, 3.63) is 71.8 Å². The molecule has 2 saturated heterocycles. The predicted molar refractivity (Wildman–Crippen MR) is 107 cm³/mol. The Bertz CT molecular complexity index is 768. The van der Waals surface area contributed by atoms with Crippen LogP contribution < -0.4 is 17.0 Å². The Morgan fingerprint density at radius 2 is 1.54 bits per heavy atom. The van der Waals surface area contributed by atoms with Crippen LogP contribution in [0.4, 0.5) is 0 Å². The maximum atomic E-state index is 10.7. The largest absolute Gasteiger partial charge is 1.00 e. The van der Waals surface area contributed by atoms with E-state index in [9.17, 15) is 5.26 Å². The fraction of sp³-hybridized carbons (Fsp3) is 0.458. The van der Waals surface area contributed by atoms with E-state index in [0.717, 1.165) is 48.0 Å². The average molecular weight is 441 g/mol. The molecule has 2 fully saturated rings. The van der Waals surface area contributed by atoms with E-state index >= 15 is 0 Å². The van der Waals surface area contributed by atoms with Gasteiger partial charge in [0, 0.05) is 26.4 Å². The molecule has 0 aliphatic carbocycles. The van der Waals surface area contributed by atoms with Gasteiger partial charge in [0.1, 0.15) is 5.41 Å². The maximum Gasteiger partial charge on any atom is 0.118 e. The third kappa shape index (κ3) is 3.20. The lowest BCUT2D eigenvalue weighted by molar-refractivity contribution is -0.909. The molecular formula is C24H29BrN2O. The summed E-state index contributed by atoms with van der Waals surface area (Å²) in [6, 6.07) is 23.9. The molecule has 2 heterocycles. The fourth-order valence-electron chi connectivity index (χ4n) is 5.84. The lowest BCUT2D eigenvalue weighted by atomic mass is 9.56. The Labute approximate surface area is 179 Å². The second kappa shape index (κ2) is 8.37. The summed E-state index contributed by atoms with van der Waals surface area (Å²) < 4.78 is 6.45. The van der Waals surface area contributed by atoms with Crippen LogP contribution in [-0.2, 0) is 10.2 Å². The van der Waals surface area contributed by atoms with Gasteiger partial charge in [-0.25, -0.2) is 0 Å². The second-order valence-corrected chi connectivity index (χ2v) is 8.39. The molecule has 0 saturated carbocycles. The number of hydrogen-bond acceptors (Lipinski definition) is 2. The van der Waals surface area contributed by atoms with Crippen molar-refractivity contribution in [2.45, 2.75) is 24.7 Å². The molecule has 0 atom stereocenters. The number of nitrogens with zero attached hydrogens (tertiary/aromatic N) is 2. The van der Waals surface area contributed by atoms with Crippen LogP contribution in [-0.4, -0.2) is 44.4 Å². The second-order valence-electron chi connectivity index (χ2n) is 8.39. The van der Waals surface area contributed by atoms with E-state index in [0.29, 0.717) is 0 Å². The van der Waals surface area contributed by atoms with Crippen LogP contribution in [0.1, 0.15) is 30.4 Å². The summed E-state index contributed by atoms with van der Waals surface area (Å²) in [6.07, 6.45) is 3.34. The highest BCUT2D eigenvalue weighted by Gasteiger charge is 2.66. The molecule has 2 aromatic rings. The quantitative estimate of drug-likeness (QED) is 0.477. The molecular weight excluding hydrogens is 412 g/mol. The van der Waals surface area contributed by atoms with Crippen molar-refractivity contribution in [3.63, 3.8) is 0 Å². The van der Waals surface area contributed by atoms with Crippen LogP contribution in [0.15, 0.2) is 60.7 Å². The van der Waals surface area contributed by atoms with Gasteiger partial charge in [0.15, 0.2) is 0 Å². The molecule has 4 rings (SSSR count). The Hall–Kier alpha value is -1.67. The number of halogens is 1. The van der Waals surface area contributed by atoms with Gasteiger partial charge >= 0.3 is 0 Å². The summed E-state index contributed by atoms with van der Waals surface area (Å²) in [5.41, 5.74) is 1.74. The summed E-state index contributed by atoms with van der Waals surface area (Å²) >= 11 is 0. The zero-order valence-corrected chi connectivity index (χ0v) is 18.2. The van der Waals surface area contributed by atoms with Crippen molar-refractivity contribution in [3.8, 4) is 6.07 Å². The molecule has 3 nitrogen and oxygen atoms in total. The highest BCUT2D eigenvalue weighted by molar-refractivity contribution is 5.49. The topological polar surface area (TPSA) is 33.0 Å². The minimum atomic E-state index is -0.576. The number of hydrogen-bond donors (Lipinski definition) is 0. The third-order valence-electron chi connectivity index (χ3n) is 7.13. The van der Waals surface area contributed by atoms with Crippen molar-refractivity contribution in [1.29, 1.82) is 5.26 Å². The van der Waals surface area contributed by atoms with Gasteiger partial charge in [0.2, 0.25) is 0 Å². The number of rotatable bonds is 7. The molecule has 28 heavy (non-hydrogen) atoms. The minimum Gasteiger partial charge on any atom is -1.00 e. The molecule has 2 aromatic carbocycles. The van der Waals surface area contributed by atoms with Crippen molar-refractivity contribution in [2.24, 2.45) is 5.41 Å². The van der Waals surface area contributed by atoms with Crippen LogP contribution >= 0.6 is 0 Å².